The van der Waals surface area contributed by atoms with Gasteiger partial charge in [-0.15, -0.1) is 11.3 Å². The molecule has 0 saturated heterocycles. The molecule has 1 atom stereocenters. The van der Waals surface area contributed by atoms with Crippen LogP contribution in [0, 0.1) is 0 Å². The molecule has 1 aromatic heterocycles. The molecule has 7 heteroatoms. The molecule has 0 amide bonds. The number of methoxy groups -OCH3 is 3. The lowest BCUT2D eigenvalue weighted by molar-refractivity contribution is 0.324. The zero-order chi connectivity index (χ0) is 16.8. The molecule has 0 saturated carbocycles. The van der Waals surface area contributed by atoms with Crippen LogP contribution < -0.4 is 24.8 Å². The van der Waals surface area contributed by atoms with Crippen molar-refractivity contribution in [1.82, 2.24) is 10.3 Å². The summed E-state index contributed by atoms with van der Waals surface area (Å²) < 4.78 is 16.0. The van der Waals surface area contributed by atoms with Crippen LogP contribution in [-0.2, 0) is 0 Å². The van der Waals surface area contributed by atoms with E-state index in [4.69, 9.17) is 14.2 Å². The normalized spacial score (nSPS) is 11.9. The zero-order valence-corrected chi connectivity index (χ0v) is 14.9. The Hall–Kier alpha value is -1.99. The second-order valence-electron chi connectivity index (χ2n) is 4.90. The summed E-state index contributed by atoms with van der Waals surface area (Å²) in [5.74, 6) is 1.78. The summed E-state index contributed by atoms with van der Waals surface area (Å²) in [4.78, 5) is 4.61. The van der Waals surface area contributed by atoms with Crippen molar-refractivity contribution in [2.45, 2.75) is 19.9 Å². The van der Waals surface area contributed by atoms with Crippen molar-refractivity contribution in [1.29, 1.82) is 0 Å². The van der Waals surface area contributed by atoms with Crippen molar-refractivity contribution in [3.8, 4) is 17.2 Å². The van der Waals surface area contributed by atoms with E-state index in [-0.39, 0.29) is 6.04 Å². The van der Waals surface area contributed by atoms with Gasteiger partial charge in [-0.1, -0.05) is 6.92 Å². The first-order valence-electron chi connectivity index (χ1n) is 7.38. The Kier molecular flexibility index (Phi) is 6.06. The van der Waals surface area contributed by atoms with Crippen LogP contribution in [0.4, 0.5) is 10.8 Å². The molecule has 1 aromatic carbocycles. The molecule has 0 radical (unpaired) electrons. The molecule has 23 heavy (non-hydrogen) atoms. The quantitative estimate of drug-likeness (QED) is 0.767. The van der Waals surface area contributed by atoms with Crippen LogP contribution in [0.3, 0.4) is 0 Å². The van der Waals surface area contributed by atoms with Gasteiger partial charge in [0.1, 0.15) is 0 Å². The summed E-state index contributed by atoms with van der Waals surface area (Å²) in [6.07, 6.45) is 0. The van der Waals surface area contributed by atoms with Gasteiger partial charge in [-0.3, -0.25) is 0 Å². The third-order valence-corrected chi connectivity index (χ3v) is 4.17. The average Bonchev–Trinajstić information content (AvgIpc) is 3.02. The van der Waals surface area contributed by atoms with Gasteiger partial charge in [0.2, 0.25) is 5.75 Å². The maximum atomic E-state index is 5.36. The van der Waals surface area contributed by atoms with Crippen LogP contribution in [0.25, 0.3) is 0 Å². The number of nitrogens with one attached hydrogen (secondary N) is 2. The number of nitrogens with zero attached hydrogens (tertiary/aromatic N) is 1. The lowest BCUT2D eigenvalue weighted by Crippen LogP contribution is -2.17. The first-order chi connectivity index (χ1) is 11.1. The van der Waals surface area contributed by atoms with Gasteiger partial charge < -0.3 is 24.8 Å². The van der Waals surface area contributed by atoms with Crippen molar-refractivity contribution in [3.05, 3.63) is 23.2 Å². The predicted molar refractivity (Wildman–Crippen MR) is 93.6 cm³/mol. The van der Waals surface area contributed by atoms with Crippen LogP contribution in [0.5, 0.6) is 17.2 Å². The summed E-state index contributed by atoms with van der Waals surface area (Å²) in [7, 11) is 4.78. The van der Waals surface area contributed by atoms with E-state index in [1.807, 2.05) is 17.5 Å². The molecule has 0 bridgehead atoms. The number of aromatic nitrogens is 1. The molecule has 1 unspecified atom stereocenters. The van der Waals surface area contributed by atoms with Gasteiger partial charge in [0.15, 0.2) is 16.6 Å². The number of anilines is 2. The van der Waals surface area contributed by atoms with Gasteiger partial charge >= 0.3 is 0 Å². The average molecular weight is 337 g/mol. The SMILES string of the molecule is CCNC(C)c1csc(Nc2cc(OC)c(OC)c(OC)c2)n1. The summed E-state index contributed by atoms with van der Waals surface area (Å²) in [5.41, 5.74) is 1.85. The van der Waals surface area contributed by atoms with Gasteiger partial charge in [-0.05, 0) is 13.5 Å². The highest BCUT2D eigenvalue weighted by Crippen LogP contribution is 2.40. The maximum Gasteiger partial charge on any atom is 0.203 e. The Balaban J connectivity index is 2.23. The Labute approximate surface area is 140 Å². The van der Waals surface area contributed by atoms with Crippen LogP contribution in [0.1, 0.15) is 25.6 Å². The fraction of sp³-hybridized carbons (Fsp3) is 0.438. The molecular formula is C16H23N3O3S. The van der Waals surface area contributed by atoms with E-state index < -0.39 is 0 Å². The molecule has 2 N–H and O–H groups in total. The molecule has 126 valence electrons. The second kappa shape index (κ2) is 8.03. The zero-order valence-electron chi connectivity index (χ0n) is 14.1. The lowest BCUT2D eigenvalue weighted by atomic mass is 10.2. The number of hydrogen-bond donors (Lipinski definition) is 2. The largest absolute Gasteiger partial charge is 0.493 e. The van der Waals surface area contributed by atoms with Gasteiger partial charge in [-0.2, -0.15) is 0 Å². The minimum Gasteiger partial charge on any atom is -0.493 e. The Morgan fingerprint density at radius 2 is 1.78 bits per heavy atom. The van der Waals surface area contributed by atoms with Gasteiger partial charge in [0, 0.05) is 29.2 Å². The lowest BCUT2D eigenvalue weighted by Gasteiger charge is -2.14. The second-order valence-corrected chi connectivity index (χ2v) is 5.75. The van der Waals surface area contributed by atoms with Crippen molar-refractivity contribution < 1.29 is 14.2 Å². The van der Waals surface area contributed by atoms with Crippen molar-refractivity contribution >= 4 is 22.2 Å². The van der Waals surface area contributed by atoms with Gasteiger partial charge in [0.25, 0.3) is 0 Å². The highest BCUT2D eigenvalue weighted by Gasteiger charge is 2.14. The van der Waals surface area contributed by atoms with Crippen LogP contribution in [0.2, 0.25) is 0 Å². The molecule has 0 aliphatic heterocycles. The molecule has 6 nitrogen and oxygen atoms in total. The summed E-state index contributed by atoms with van der Waals surface area (Å²) in [6, 6.07) is 3.94. The fourth-order valence-corrected chi connectivity index (χ4v) is 3.05. The molecule has 2 rings (SSSR count). The third kappa shape index (κ3) is 4.05. The summed E-state index contributed by atoms with van der Waals surface area (Å²) in [5, 5.41) is 9.50. The number of benzene rings is 1. The van der Waals surface area contributed by atoms with Gasteiger partial charge in [-0.25, -0.2) is 4.98 Å². The molecule has 0 aliphatic rings. The minimum atomic E-state index is 0.228. The van der Waals surface area contributed by atoms with E-state index in [0.717, 1.165) is 23.1 Å². The smallest absolute Gasteiger partial charge is 0.203 e. The Bertz CT molecular complexity index is 620. The molecule has 2 aromatic rings. The number of thiazole rings is 1. The van der Waals surface area contributed by atoms with Crippen LogP contribution >= 0.6 is 11.3 Å². The van der Waals surface area contributed by atoms with E-state index in [1.165, 1.54) is 0 Å². The van der Waals surface area contributed by atoms with E-state index in [0.29, 0.717) is 17.2 Å². The maximum absolute atomic E-state index is 5.36. The van der Waals surface area contributed by atoms with Crippen molar-refractivity contribution in [2.24, 2.45) is 0 Å². The number of ether oxygens (including phenoxy) is 3. The minimum absolute atomic E-state index is 0.228. The van der Waals surface area contributed by atoms with Crippen molar-refractivity contribution in [3.63, 3.8) is 0 Å². The Morgan fingerprint density at radius 3 is 2.30 bits per heavy atom. The van der Waals surface area contributed by atoms with E-state index in [9.17, 15) is 0 Å². The van der Waals surface area contributed by atoms with Gasteiger partial charge in [0.05, 0.1) is 27.0 Å². The standard InChI is InChI=1S/C16H23N3O3S/c1-6-17-10(2)12-9-23-16(19-12)18-11-7-13(20-3)15(22-5)14(8-11)21-4/h7-10,17H,6H2,1-5H3,(H,18,19). The van der Waals surface area contributed by atoms with Crippen LogP contribution in [0.15, 0.2) is 17.5 Å². The monoisotopic (exact) mass is 337 g/mol. The molecule has 0 spiro atoms. The predicted octanol–water partition coefficient (Wildman–Crippen LogP) is 3.58. The highest BCUT2D eigenvalue weighted by atomic mass is 32.1. The number of hydrogen-bond acceptors (Lipinski definition) is 7. The first-order valence-corrected chi connectivity index (χ1v) is 8.26. The molecular weight excluding hydrogens is 314 g/mol. The topological polar surface area (TPSA) is 64.6 Å². The van der Waals surface area contributed by atoms with E-state index >= 15 is 0 Å². The summed E-state index contributed by atoms with van der Waals surface area (Å²) >= 11 is 1.56. The summed E-state index contributed by atoms with van der Waals surface area (Å²) in [6.45, 7) is 5.09. The number of rotatable bonds is 8. The molecule has 0 aliphatic carbocycles. The first kappa shape index (κ1) is 17.4. The van der Waals surface area contributed by atoms with Crippen molar-refractivity contribution in [2.75, 3.05) is 33.2 Å². The van der Waals surface area contributed by atoms with Crippen LogP contribution in [-0.4, -0.2) is 32.9 Å². The third-order valence-electron chi connectivity index (χ3n) is 3.39. The molecule has 0 fully saturated rings. The molecule has 1 heterocycles. The fourth-order valence-electron chi connectivity index (χ4n) is 2.23. The highest BCUT2D eigenvalue weighted by molar-refractivity contribution is 7.13. The van der Waals surface area contributed by atoms with E-state index in [1.54, 1.807) is 32.7 Å². The Morgan fingerprint density at radius 1 is 1.13 bits per heavy atom. The van der Waals surface area contributed by atoms with E-state index in [2.05, 4.69) is 29.5 Å².